The van der Waals surface area contributed by atoms with Gasteiger partial charge in [0.2, 0.25) is 0 Å². The molecule has 0 unspecified atom stereocenters. The van der Waals surface area contributed by atoms with Crippen molar-refractivity contribution in [2.75, 3.05) is 7.11 Å². The summed E-state index contributed by atoms with van der Waals surface area (Å²) in [5.41, 5.74) is 2.67. The van der Waals surface area contributed by atoms with Gasteiger partial charge in [0.05, 0.1) is 13.4 Å². The lowest BCUT2D eigenvalue weighted by Gasteiger charge is -2.28. The average molecular weight is 188 g/mol. The first-order valence-electron chi connectivity index (χ1n) is 5.20. The van der Waals surface area contributed by atoms with E-state index < -0.39 is 0 Å². The maximum atomic E-state index is 5.15. The van der Waals surface area contributed by atoms with Gasteiger partial charge in [0.25, 0.3) is 0 Å². The van der Waals surface area contributed by atoms with Gasteiger partial charge in [0.15, 0.2) is 0 Å². The molecule has 1 saturated carbocycles. The molecule has 1 aromatic rings. The predicted molar refractivity (Wildman–Crippen MR) is 58.8 cm³/mol. The van der Waals surface area contributed by atoms with Gasteiger partial charge in [0, 0.05) is 0 Å². The van der Waals surface area contributed by atoms with E-state index >= 15 is 0 Å². The Kier molecular flexibility index (Phi) is 2.87. The number of hydrogen-bond acceptors (Lipinski definition) is 1. The highest BCUT2D eigenvalue weighted by atomic mass is 16.5. The summed E-state index contributed by atoms with van der Waals surface area (Å²) in [6.45, 7) is 0. The third-order valence-corrected chi connectivity index (χ3v) is 2.90. The molecule has 1 heteroatoms. The van der Waals surface area contributed by atoms with Gasteiger partial charge in [-0.05, 0) is 29.9 Å². The first-order chi connectivity index (χ1) is 6.92. The van der Waals surface area contributed by atoms with E-state index in [2.05, 4.69) is 30.3 Å². The van der Waals surface area contributed by atoms with Crippen molar-refractivity contribution in [2.24, 2.45) is 5.92 Å². The van der Waals surface area contributed by atoms with Gasteiger partial charge in [-0.3, -0.25) is 0 Å². The quantitative estimate of drug-likeness (QED) is 0.660. The summed E-state index contributed by atoms with van der Waals surface area (Å²) < 4.78 is 5.15. The molecule has 14 heavy (non-hydrogen) atoms. The van der Waals surface area contributed by atoms with Crippen LogP contribution in [0.2, 0.25) is 0 Å². The third kappa shape index (κ3) is 1.82. The van der Waals surface area contributed by atoms with E-state index in [1.807, 2.05) is 6.26 Å². The van der Waals surface area contributed by atoms with Crippen LogP contribution in [-0.4, -0.2) is 7.11 Å². The zero-order valence-corrected chi connectivity index (χ0v) is 8.57. The second-order valence-corrected chi connectivity index (χ2v) is 3.80. The van der Waals surface area contributed by atoms with Crippen molar-refractivity contribution in [2.45, 2.75) is 19.3 Å². The van der Waals surface area contributed by atoms with Gasteiger partial charge < -0.3 is 4.74 Å². The number of ether oxygens (including phenoxy) is 1. The van der Waals surface area contributed by atoms with Gasteiger partial charge in [-0.15, -0.1) is 0 Å². The number of benzene rings is 1. The number of allylic oxidation sites excluding steroid dienone is 1. The molecule has 1 aliphatic carbocycles. The van der Waals surface area contributed by atoms with E-state index in [0.717, 1.165) is 5.92 Å². The fourth-order valence-corrected chi connectivity index (χ4v) is 1.88. The molecule has 2 rings (SSSR count). The molecule has 0 radical (unpaired) electrons. The van der Waals surface area contributed by atoms with Crippen LogP contribution in [0.3, 0.4) is 0 Å². The Balaban J connectivity index is 2.22. The number of methoxy groups -OCH3 is 1. The number of hydrogen-bond donors (Lipinski definition) is 0. The molecule has 0 atom stereocenters. The van der Waals surface area contributed by atoms with Crippen LogP contribution in [-0.2, 0) is 4.74 Å². The van der Waals surface area contributed by atoms with Gasteiger partial charge in [-0.1, -0.05) is 36.8 Å². The Bertz CT molecular complexity index is 309. The molecule has 74 valence electrons. The van der Waals surface area contributed by atoms with Crippen LogP contribution in [0.25, 0.3) is 5.57 Å². The van der Waals surface area contributed by atoms with E-state index in [-0.39, 0.29) is 0 Å². The molecule has 0 aliphatic heterocycles. The Morgan fingerprint density at radius 2 is 2.00 bits per heavy atom. The zero-order chi connectivity index (χ0) is 9.80. The Hall–Kier alpha value is -1.24. The first kappa shape index (κ1) is 9.32. The fourth-order valence-electron chi connectivity index (χ4n) is 1.88. The second kappa shape index (κ2) is 4.32. The van der Waals surface area contributed by atoms with Crippen LogP contribution in [0.4, 0.5) is 0 Å². The summed E-state index contributed by atoms with van der Waals surface area (Å²) in [6, 6.07) is 10.5. The summed E-state index contributed by atoms with van der Waals surface area (Å²) in [7, 11) is 1.72. The van der Waals surface area contributed by atoms with Crippen LogP contribution in [0.5, 0.6) is 0 Å². The van der Waals surface area contributed by atoms with Crippen LogP contribution in [0, 0.1) is 5.92 Å². The number of rotatable bonds is 3. The van der Waals surface area contributed by atoms with Gasteiger partial charge in [-0.25, -0.2) is 0 Å². The lowest BCUT2D eigenvalue weighted by Crippen LogP contribution is -2.13. The Morgan fingerprint density at radius 3 is 2.50 bits per heavy atom. The van der Waals surface area contributed by atoms with Crippen molar-refractivity contribution >= 4 is 5.57 Å². The maximum absolute atomic E-state index is 5.15. The van der Waals surface area contributed by atoms with Crippen LogP contribution in [0.1, 0.15) is 24.8 Å². The second-order valence-electron chi connectivity index (χ2n) is 3.80. The predicted octanol–water partition coefficient (Wildman–Crippen LogP) is 3.47. The van der Waals surface area contributed by atoms with Crippen molar-refractivity contribution in [1.29, 1.82) is 0 Å². The standard InChI is InChI=1S/C13H16O/c1-14-10-13(12-8-5-9-12)11-6-3-2-4-7-11/h2-4,6-7,10,12H,5,8-9H2,1H3/b13-10-. The molecule has 1 aliphatic rings. The summed E-state index contributed by atoms with van der Waals surface area (Å²) in [5, 5.41) is 0. The van der Waals surface area contributed by atoms with Crippen LogP contribution >= 0.6 is 0 Å². The molecule has 0 bridgehead atoms. The lowest BCUT2D eigenvalue weighted by molar-refractivity contribution is 0.327. The van der Waals surface area contributed by atoms with Crippen LogP contribution in [0.15, 0.2) is 36.6 Å². The van der Waals surface area contributed by atoms with Gasteiger partial charge in [-0.2, -0.15) is 0 Å². The summed E-state index contributed by atoms with van der Waals surface area (Å²) in [5.74, 6) is 0.720. The van der Waals surface area contributed by atoms with E-state index in [1.54, 1.807) is 7.11 Å². The highest BCUT2D eigenvalue weighted by Crippen LogP contribution is 2.38. The molecule has 1 aromatic carbocycles. The molecule has 0 amide bonds. The van der Waals surface area contributed by atoms with Crippen molar-refractivity contribution in [3.8, 4) is 0 Å². The molecule has 0 N–H and O–H groups in total. The molecular formula is C13H16O. The molecule has 0 aromatic heterocycles. The third-order valence-electron chi connectivity index (χ3n) is 2.90. The maximum Gasteiger partial charge on any atom is 0.0865 e. The van der Waals surface area contributed by atoms with Crippen molar-refractivity contribution in [3.63, 3.8) is 0 Å². The van der Waals surface area contributed by atoms with Gasteiger partial charge >= 0.3 is 0 Å². The minimum absolute atomic E-state index is 0.720. The smallest absolute Gasteiger partial charge is 0.0865 e. The Labute approximate surface area is 85.4 Å². The highest BCUT2D eigenvalue weighted by Gasteiger charge is 2.22. The minimum atomic E-state index is 0.720. The van der Waals surface area contributed by atoms with Crippen molar-refractivity contribution < 1.29 is 4.74 Å². The van der Waals surface area contributed by atoms with E-state index in [4.69, 9.17) is 4.74 Å². The van der Waals surface area contributed by atoms with Crippen molar-refractivity contribution in [1.82, 2.24) is 0 Å². The van der Waals surface area contributed by atoms with E-state index in [9.17, 15) is 0 Å². The first-order valence-corrected chi connectivity index (χ1v) is 5.20. The lowest BCUT2D eigenvalue weighted by atomic mass is 9.77. The van der Waals surface area contributed by atoms with Gasteiger partial charge in [0.1, 0.15) is 0 Å². The molecule has 1 fully saturated rings. The normalized spacial score (nSPS) is 17.6. The summed E-state index contributed by atoms with van der Waals surface area (Å²) in [6.07, 6.45) is 5.88. The summed E-state index contributed by atoms with van der Waals surface area (Å²) >= 11 is 0. The zero-order valence-electron chi connectivity index (χ0n) is 8.57. The minimum Gasteiger partial charge on any atom is -0.504 e. The monoisotopic (exact) mass is 188 g/mol. The summed E-state index contributed by atoms with van der Waals surface area (Å²) in [4.78, 5) is 0. The fraction of sp³-hybridized carbons (Fsp3) is 0.385. The SMILES string of the molecule is CO/C=C(/c1ccccc1)C1CCC1. The molecule has 0 heterocycles. The highest BCUT2D eigenvalue weighted by molar-refractivity contribution is 5.67. The molecule has 0 spiro atoms. The van der Waals surface area contributed by atoms with Crippen molar-refractivity contribution in [3.05, 3.63) is 42.2 Å². The van der Waals surface area contributed by atoms with Crippen LogP contribution < -0.4 is 0 Å². The molecule has 0 saturated heterocycles. The average Bonchev–Trinajstić information content (AvgIpc) is 2.16. The van der Waals surface area contributed by atoms with E-state index in [0.29, 0.717) is 0 Å². The molecular weight excluding hydrogens is 172 g/mol. The Morgan fingerprint density at radius 1 is 1.29 bits per heavy atom. The van der Waals surface area contributed by atoms with E-state index in [1.165, 1.54) is 30.4 Å². The topological polar surface area (TPSA) is 9.23 Å². The molecule has 1 nitrogen and oxygen atoms in total. The largest absolute Gasteiger partial charge is 0.504 e.